The standard InChI is InChI=1S/C40H29Cl3N2O9S2/c41-26-16-17-30(29(43)19-26)52-36-28(42)14-7-15-31(36)53-40(49)51-21-25-22-56(50)38-33(44-32(46)20-27-13-8-18-55-27)37(47)45(38)34(25)39(48)54-35(23-9-3-1-4-10-23)24-11-5-2-6-12-24/h1-19,33,35,38H,20-22H2,(H,44,46)/t33?,38-,56?/m0/s1. The number of nitrogens with one attached hydrogen (secondary N) is 1. The Bertz CT molecular complexity index is 2300. The molecule has 2 amide bonds. The van der Waals surface area contributed by atoms with Crippen molar-refractivity contribution in [3.05, 3.63) is 157 Å². The van der Waals surface area contributed by atoms with Gasteiger partial charge in [-0.1, -0.05) is 108 Å². The van der Waals surface area contributed by atoms with Gasteiger partial charge < -0.3 is 24.3 Å². The Morgan fingerprint density at radius 1 is 0.857 bits per heavy atom. The number of ether oxygens (including phenoxy) is 4. The number of fused-ring (bicyclic) bond motifs is 1. The van der Waals surface area contributed by atoms with Gasteiger partial charge in [0, 0.05) is 15.5 Å². The lowest BCUT2D eigenvalue weighted by atomic mass is 10.0. The van der Waals surface area contributed by atoms with Crippen LogP contribution in [-0.4, -0.2) is 56.8 Å². The molecule has 1 saturated heterocycles. The number of halogens is 3. The summed E-state index contributed by atoms with van der Waals surface area (Å²) in [4.78, 5) is 56.0. The van der Waals surface area contributed by atoms with Crippen molar-refractivity contribution in [2.75, 3.05) is 12.4 Å². The highest BCUT2D eigenvalue weighted by molar-refractivity contribution is 7.86. The van der Waals surface area contributed by atoms with E-state index in [2.05, 4.69) is 5.32 Å². The SMILES string of the molecule is O=C(Cc1cccs1)NC1C(=O)N2C(C(=O)OC(c3ccccc3)c3ccccc3)=C(COC(=O)Oc3cccc(Cl)c3Oc3ccc(Cl)cc3Cl)CS(=O)[C@@H]12. The van der Waals surface area contributed by atoms with E-state index in [-0.39, 0.29) is 50.7 Å². The quantitative estimate of drug-likeness (QED) is 0.0747. The van der Waals surface area contributed by atoms with Gasteiger partial charge in [-0.05, 0) is 52.9 Å². The largest absolute Gasteiger partial charge is 0.514 e. The van der Waals surface area contributed by atoms with E-state index in [9.17, 15) is 23.4 Å². The van der Waals surface area contributed by atoms with E-state index in [1.165, 1.54) is 41.7 Å². The van der Waals surface area contributed by atoms with Gasteiger partial charge in [-0.15, -0.1) is 11.3 Å². The zero-order valence-electron chi connectivity index (χ0n) is 28.9. The number of carbonyl (C=O) groups is 4. The van der Waals surface area contributed by atoms with Gasteiger partial charge in [0.2, 0.25) is 5.91 Å². The van der Waals surface area contributed by atoms with Gasteiger partial charge in [0.1, 0.15) is 29.5 Å². The lowest BCUT2D eigenvalue weighted by Gasteiger charge is -2.49. The molecule has 0 spiro atoms. The second-order valence-electron chi connectivity index (χ2n) is 12.4. The number of thiophene rings is 1. The molecule has 286 valence electrons. The molecule has 2 aliphatic rings. The maximum atomic E-state index is 14.3. The predicted molar refractivity (Wildman–Crippen MR) is 211 cm³/mol. The topological polar surface area (TPSA) is 138 Å². The van der Waals surface area contributed by atoms with Gasteiger partial charge in [-0.2, -0.15) is 0 Å². The van der Waals surface area contributed by atoms with Crippen LogP contribution >= 0.6 is 46.1 Å². The van der Waals surface area contributed by atoms with E-state index in [0.717, 1.165) is 9.78 Å². The summed E-state index contributed by atoms with van der Waals surface area (Å²) in [7, 11) is -1.84. The normalized spacial score (nSPS) is 17.5. The summed E-state index contributed by atoms with van der Waals surface area (Å²) in [6.45, 7) is -0.609. The van der Waals surface area contributed by atoms with Crippen LogP contribution in [0.15, 0.2) is 126 Å². The number of carbonyl (C=O) groups excluding carboxylic acids is 4. The number of benzene rings is 4. The summed E-state index contributed by atoms with van der Waals surface area (Å²) in [5.41, 5.74) is 1.09. The van der Waals surface area contributed by atoms with Crippen molar-refractivity contribution in [3.8, 4) is 17.2 Å². The molecule has 5 aromatic rings. The highest BCUT2D eigenvalue weighted by atomic mass is 35.5. The molecule has 3 heterocycles. The molecule has 7 rings (SSSR count). The zero-order chi connectivity index (χ0) is 39.3. The Kier molecular flexibility index (Phi) is 12.1. The third-order valence-corrected chi connectivity index (χ3v) is 12.0. The van der Waals surface area contributed by atoms with Crippen LogP contribution in [0.4, 0.5) is 4.79 Å². The van der Waals surface area contributed by atoms with Crippen molar-refractivity contribution in [1.82, 2.24) is 10.2 Å². The fourth-order valence-corrected chi connectivity index (χ4v) is 9.12. The number of nitrogens with zero attached hydrogens (tertiary/aromatic N) is 1. The molecule has 0 saturated carbocycles. The molecule has 2 aliphatic heterocycles. The van der Waals surface area contributed by atoms with Crippen molar-refractivity contribution in [1.29, 1.82) is 0 Å². The molecule has 16 heteroatoms. The van der Waals surface area contributed by atoms with Gasteiger partial charge in [0.25, 0.3) is 5.91 Å². The predicted octanol–water partition coefficient (Wildman–Crippen LogP) is 8.26. The third-order valence-electron chi connectivity index (χ3n) is 8.65. The van der Waals surface area contributed by atoms with Gasteiger partial charge in [-0.25, -0.2) is 9.59 Å². The van der Waals surface area contributed by atoms with Gasteiger partial charge >= 0.3 is 12.1 Å². The molecule has 0 bridgehead atoms. The van der Waals surface area contributed by atoms with Crippen LogP contribution in [0.1, 0.15) is 22.1 Å². The Morgan fingerprint density at radius 3 is 2.23 bits per heavy atom. The van der Waals surface area contributed by atoms with E-state index in [0.29, 0.717) is 16.1 Å². The maximum Gasteiger partial charge on any atom is 0.514 e. The number of para-hydroxylation sites is 1. The van der Waals surface area contributed by atoms with Crippen LogP contribution in [-0.2, 0) is 41.1 Å². The van der Waals surface area contributed by atoms with E-state index < -0.39 is 58.9 Å². The van der Waals surface area contributed by atoms with Crippen LogP contribution in [0, 0.1) is 0 Å². The Balaban J connectivity index is 1.15. The van der Waals surface area contributed by atoms with Crippen molar-refractivity contribution < 1.29 is 42.3 Å². The monoisotopic (exact) mass is 850 g/mol. The van der Waals surface area contributed by atoms with Crippen LogP contribution in [0.3, 0.4) is 0 Å². The molecule has 0 aliphatic carbocycles. The Labute approximate surface area is 342 Å². The summed E-state index contributed by atoms with van der Waals surface area (Å²) in [6.07, 6.45) is -2.11. The van der Waals surface area contributed by atoms with Crippen LogP contribution < -0.4 is 14.8 Å². The molecule has 56 heavy (non-hydrogen) atoms. The molecule has 2 unspecified atom stereocenters. The lowest BCUT2D eigenvalue weighted by molar-refractivity contribution is -0.155. The number of β-lactam (4-membered cyclic amide) rings is 1. The summed E-state index contributed by atoms with van der Waals surface area (Å²) >= 11 is 20.1. The third kappa shape index (κ3) is 8.62. The average molecular weight is 852 g/mol. The van der Waals surface area contributed by atoms with E-state index >= 15 is 0 Å². The van der Waals surface area contributed by atoms with Crippen molar-refractivity contribution in [2.45, 2.75) is 23.9 Å². The fraction of sp³-hybridized carbons (Fsp3) is 0.150. The van der Waals surface area contributed by atoms with E-state index in [4.69, 9.17) is 53.8 Å². The molecule has 1 N–H and O–H groups in total. The molecule has 1 fully saturated rings. The van der Waals surface area contributed by atoms with E-state index in [1.807, 2.05) is 17.5 Å². The summed E-state index contributed by atoms with van der Waals surface area (Å²) in [6, 6.07) is 29.4. The molecule has 1 aromatic heterocycles. The summed E-state index contributed by atoms with van der Waals surface area (Å²) in [5.74, 6) is -2.33. The number of hydrogen-bond acceptors (Lipinski definition) is 10. The molecular weight excluding hydrogens is 823 g/mol. The minimum absolute atomic E-state index is 0.0225. The Hall–Kier alpha value is -5.18. The first-order chi connectivity index (χ1) is 27.1. The first-order valence-electron chi connectivity index (χ1n) is 16.9. The first kappa shape index (κ1) is 39.1. The van der Waals surface area contributed by atoms with Gasteiger partial charge in [0.15, 0.2) is 17.6 Å². The van der Waals surface area contributed by atoms with E-state index in [1.54, 1.807) is 66.7 Å². The molecule has 0 radical (unpaired) electrons. The molecule has 3 atom stereocenters. The highest BCUT2D eigenvalue weighted by Gasteiger charge is 2.57. The minimum Gasteiger partial charge on any atom is -0.450 e. The second kappa shape index (κ2) is 17.3. The molecule has 4 aromatic carbocycles. The van der Waals surface area contributed by atoms with Crippen molar-refractivity contribution in [2.24, 2.45) is 0 Å². The van der Waals surface area contributed by atoms with Crippen molar-refractivity contribution in [3.63, 3.8) is 0 Å². The second-order valence-corrected chi connectivity index (χ2v) is 16.2. The number of rotatable bonds is 12. The van der Waals surface area contributed by atoms with Crippen molar-refractivity contribution >= 4 is 80.9 Å². The van der Waals surface area contributed by atoms with Gasteiger partial charge in [0.05, 0.1) is 33.0 Å². The number of esters is 1. The van der Waals surface area contributed by atoms with Crippen LogP contribution in [0.5, 0.6) is 17.2 Å². The summed E-state index contributed by atoms with van der Waals surface area (Å²) in [5, 5.41) is 4.06. The maximum absolute atomic E-state index is 14.3. The number of amides is 2. The minimum atomic E-state index is -1.84. The highest BCUT2D eigenvalue weighted by Crippen LogP contribution is 2.42. The first-order valence-corrected chi connectivity index (χ1v) is 20.3. The van der Waals surface area contributed by atoms with Gasteiger partial charge in [-0.3, -0.25) is 18.7 Å². The molecule has 11 nitrogen and oxygen atoms in total. The average Bonchev–Trinajstić information content (AvgIpc) is 3.70. The zero-order valence-corrected chi connectivity index (χ0v) is 32.8. The van der Waals surface area contributed by atoms with Crippen LogP contribution in [0.25, 0.3) is 0 Å². The Morgan fingerprint density at radius 2 is 1.57 bits per heavy atom. The van der Waals surface area contributed by atoms with Crippen LogP contribution in [0.2, 0.25) is 15.1 Å². The summed E-state index contributed by atoms with van der Waals surface area (Å²) < 4.78 is 36.7. The smallest absolute Gasteiger partial charge is 0.450 e. The lowest BCUT2D eigenvalue weighted by Crippen LogP contribution is -2.73. The number of hydrogen-bond donors (Lipinski definition) is 1. The molecular formula is C40H29Cl3N2O9S2. The fourth-order valence-electron chi connectivity index (χ4n) is 6.10.